The molecule has 1 aromatic rings. The molecule has 22 heavy (non-hydrogen) atoms. The standard InChI is InChI=1S/C15H18FNO5/c16-15(14(19)20)6-7-17(11-15)13(18)10-21-8-9-22-12-4-2-1-3-5-12/h1-5H,6-11H2,(H,19,20). The van der Waals surface area contributed by atoms with Crippen LogP contribution in [0, 0.1) is 0 Å². The van der Waals surface area contributed by atoms with Gasteiger partial charge in [0.2, 0.25) is 11.6 Å². The number of amides is 1. The minimum Gasteiger partial charge on any atom is -0.491 e. The average Bonchev–Trinajstić information content (AvgIpc) is 2.92. The third-order valence-corrected chi connectivity index (χ3v) is 3.42. The van der Waals surface area contributed by atoms with Crippen LogP contribution < -0.4 is 4.74 Å². The van der Waals surface area contributed by atoms with Crippen LogP contribution in [0.3, 0.4) is 0 Å². The number of hydrogen-bond donors (Lipinski definition) is 1. The molecule has 1 aliphatic heterocycles. The first-order valence-electron chi connectivity index (χ1n) is 6.97. The highest BCUT2D eigenvalue weighted by Gasteiger charge is 2.46. The van der Waals surface area contributed by atoms with Crippen LogP contribution in [-0.4, -0.2) is 60.5 Å². The predicted molar refractivity (Wildman–Crippen MR) is 75.4 cm³/mol. The van der Waals surface area contributed by atoms with E-state index in [0.717, 1.165) is 0 Å². The molecular weight excluding hydrogens is 293 g/mol. The van der Waals surface area contributed by atoms with E-state index in [1.54, 1.807) is 0 Å². The number of para-hydroxylation sites is 1. The Kier molecular flexibility index (Phi) is 5.32. The first-order valence-corrected chi connectivity index (χ1v) is 6.97. The van der Waals surface area contributed by atoms with Crippen molar-refractivity contribution in [1.29, 1.82) is 0 Å². The number of ether oxygens (including phenoxy) is 2. The molecule has 2 rings (SSSR count). The number of rotatable bonds is 7. The van der Waals surface area contributed by atoms with E-state index in [9.17, 15) is 14.0 Å². The van der Waals surface area contributed by atoms with Gasteiger partial charge in [0.25, 0.3) is 0 Å². The lowest BCUT2D eigenvalue weighted by Crippen LogP contribution is -2.40. The van der Waals surface area contributed by atoms with Crippen LogP contribution in [0.5, 0.6) is 5.75 Å². The van der Waals surface area contributed by atoms with Gasteiger partial charge in [-0.2, -0.15) is 0 Å². The van der Waals surface area contributed by atoms with Gasteiger partial charge in [-0.05, 0) is 12.1 Å². The summed E-state index contributed by atoms with van der Waals surface area (Å²) in [5.74, 6) is -1.24. The zero-order chi connectivity index (χ0) is 16.0. The van der Waals surface area contributed by atoms with Gasteiger partial charge in [0.15, 0.2) is 0 Å². The molecule has 1 fully saturated rings. The van der Waals surface area contributed by atoms with Crippen molar-refractivity contribution < 1.29 is 28.6 Å². The third kappa shape index (κ3) is 4.17. The summed E-state index contributed by atoms with van der Waals surface area (Å²) in [4.78, 5) is 23.7. The Bertz CT molecular complexity index is 524. The number of carboxylic acids is 1. The summed E-state index contributed by atoms with van der Waals surface area (Å²) in [5, 5.41) is 8.77. The summed E-state index contributed by atoms with van der Waals surface area (Å²) in [5.41, 5.74) is -2.34. The second-order valence-electron chi connectivity index (χ2n) is 5.05. The summed E-state index contributed by atoms with van der Waals surface area (Å²) in [7, 11) is 0. The van der Waals surface area contributed by atoms with Gasteiger partial charge >= 0.3 is 5.97 Å². The van der Waals surface area contributed by atoms with Crippen molar-refractivity contribution in [2.75, 3.05) is 32.9 Å². The fourth-order valence-corrected chi connectivity index (χ4v) is 2.15. The Balaban J connectivity index is 1.63. The number of carboxylic acid groups (broad SMARTS) is 1. The van der Waals surface area contributed by atoms with Crippen LogP contribution in [0.1, 0.15) is 6.42 Å². The minimum atomic E-state index is -2.34. The van der Waals surface area contributed by atoms with Gasteiger partial charge in [0.1, 0.15) is 19.0 Å². The van der Waals surface area contributed by atoms with Crippen LogP contribution in [0.4, 0.5) is 4.39 Å². The molecule has 0 bridgehead atoms. The number of benzene rings is 1. The molecule has 120 valence electrons. The highest BCUT2D eigenvalue weighted by molar-refractivity contribution is 5.82. The molecule has 1 atom stereocenters. The smallest absolute Gasteiger partial charge is 0.343 e. The van der Waals surface area contributed by atoms with Gasteiger partial charge in [0, 0.05) is 13.0 Å². The number of likely N-dealkylation sites (tertiary alicyclic amines) is 1. The summed E-state index contributed by atoms with van der Waals surface area (Å²) < 4.78 is 24.4. The largest absolute Gasteiger partial charge is 0.491 e. The molecule has 6 nitrogen and oxygen atoms in total. The SMILES string of the molecule is O=C(COCCOc1ccccc1)N1CCC(F)(C(=O)O)C1. The molecule has 1 aromatic carbocycles. The minimum absolute atomic E-state index is 0.0888. The summed E-state index contributed by atoms with van der Waals surface area (Å²) in [6, 6.07) is 9.18. The van der Waals surface area contributed by atoms with Gasteiger partial charge in [-0.15, -0.1) is 0 Å². The number of nitrogens with zero attached hydrogens (tertiary/aromatic N) is 1. The molecule has 1 unspecified atom stereocenters. The number of carbonyl (C=O) groups is 2. The van der Waals surface area contributed by atoms with E-state index in [2.05, 4.69) is 0 Å². The fraction of sp³-hybridized carbons (Fsp3) is 0.467. The lowest BCUT2D eigenvalue weighted by atomic mass is 10.1. The van der Waals surface area contributed by atoms with Crippen molar-refractivity contribution in [3.63, 3.8) is 0 Å². The van der Waals surface area contributed by atoms with Gasteiger partial charge < -0.3 is 19.5 Å². The summed E-state index contributed by atoms with van der Waals surface area (Å²) in [6.45, 7) is -0.0436. The van der Waals surface area contributed by atoms with E-state index in [-0.39, 0.29) is 26.2 Å². The number of hydrogen-bond acceptors (Lipinski definition) is 4. The zero-order valence-electron chi connectivity index (χ0n) is 12.0. The van der Waals surface area contributed by atoms with Gasteiger partial charge in [-0.25, -0.2) is 9.18 Å². The maximum atomic E-state index is 13.8. The van der Waals surface area contributed by atoms with Gasteiger partial charge in [-0.1, -0.05) is 18.2 Å². The molecular formula is C15H18FNO5. The molecule has 0 aromatic heterocycles. The summed E-state index contributed by atoms with van der Waals surface area (Å²) >= 11 is 0. The van der Waals surface area contributed by atoms with Crippen LogP contribution in [0.25, 0.3) is 0 Å². The van der Waals surface area contributed by atoms with E-state index < -0.39 is 24.1 Å². The number of alkyl halides is 1. The number of aliphatic carboxylic acids is 1. The lowest BCUT2D eigenvalue weighted by Gasteiger charge is -2.17. The normalized spacial score (nSPS) is 20.9. The molecule has 0 spiro atoms. The Morgan fingerprint density at radius 1 is 1.27 bits per heavy atom. The summed E-state index contributed by atoms with van der Waals surface area (Å²) in [6.07, 6.45) is -0.189. The predicted octanol–water partition coefficient (Wildman–Crippen LogP) is 1.11. The van der Waals surface area contributed by atoms with Crippen molar-refractivity contribution >= 4 is 11.9 Å². The molecule has 1 aliphatic rings. The molecule has 0 radical (unpaired) electrons. The van der Waals surface area contributed by atoms with Gasteiger partial charge in [-0.3, -0.25) is 4.79 Å². The average molecular weight is 311 g/mol. The Hall–Kier alpha value is -2.15. The molecule has 1 N–H and O–H groups in total. The number of carbonyl (C=O) groups excluding carboxylic acids is 1. The molecule has 1 saturated heterocycles. The molecule has 1 heterocycles. The molecule has 0 saturated carbocycles. The second-order valence-corrected chi connectivity index (χ2v) is 5.05. The number of halogens is 1. The van der Waals surface area contributed by atoms with Crippen molar-refractivity contribution in [3.8, 4) is 5.75 Å². The third-order valence-electron chi connectivity index (χ3n) is 3.42. The quantitative estimate of drug-likeness (QED) is 0.763. The van der Waals surface area contributed by atoms with Crippen LogP contribution in [-0.2, 0) is 14.3 Å². The topological polar surface area (TPSA) is 76.1 Å². The molecule has 7 heteroatoms. The lowest BCUT2D eigenvalue weighted by molar-refractivity contribution is -0.150. The van der Waals surface area contributed by atoms with E-state index in [1.807, 2.05) is 30.3 Å². The van der Waals surface area contributed by atoms with Gasteiger partial charge in [0.05, 0.1) is 13.2 Å². The van der Waals surface area contributed by atoms with E-state index in [1.165, 1.54) is 4.90 Å². The van der Waals surface area contributed by atoms with E-state index >= 15 is 0 Å². The van der Waals surface area contributed by atoms with Crippen molar-refractivity contribution in [2.45, 2.75) is 12.1 Å². The highest BCUT2D eigenvalue weighted by atomic mass is 19.1. The van der Waals surface area contributed by atoms with Crippen LogP contribution in [0.15, 0.2) is 30.3 Å². The fourth-order valence-electron chi connectivity index (χ4n) is 2.15. The van der Waals surface area contributed by atoms with Crippen molar-refractivity contribution in [1.82, 2.24) is 4.90 Å². The monoisotopic (exact) mass is 311 g/mol. The Morgan fingerprint density at radius 2 is 2.00 bits per heavy atom. The van der Waals surface area contributed by atoms with Crippen LogP contribution in [0.2, 0.25) is 0 Å². The maximum absolute atomic E-state index is 13.8. The zero-order valence-corrected chi connectivity index (χ0v) is 12.0. The Labute approximate surface area is 127 Å². The Morgan fingerprint density at radius 3 is 2.64 bits per heavy atom. The van der Waals surface area contributed by atoms with Crippen LogP contribution >= 0.6 is 0 Å². The van der Waals surface area contributed by atoms with Crippen molar-refractivity contribution in [3.05, 3.63) is 30.3 Å². The highest BCUT2D eigenvalue weighted by Crippen LogP contribution is 2.25. The first-order chi connectivity index (χ1) is 10.5. The first kappa shape index (κ1) is 16.2. The second kappa shape index (κ2) is 7.22. The molecule has 1 amide bonds. The maximum Gasteiger partial charge on any atom is 0.343 e. The van der Waals surface area contributed by atoms with E-state index in [4.69, 9.17) is 14.6 Å². The van der Waals surface area contributed by atoms with Crippen molar-refractivity contribution in [2.24, 2.45) is 0 Å². The van der Waals surface area contributed by atoms with E-state index in [0.29, 0.717) is 12.4 Å². The molecule has 0 aliphatic carbocycles.